The minimum atomic E-state index is 0.953. The minimum absolute atomic E-state index is 0.953. The van der Waals surface area contributed by atoms with Crippen LogP contribution in [0.4, 0.5) is 0 Å². The molecule has 3 aliphatic rings. The van der Waals surface area contributed by atoms with Crippen LogP contribution in [-0.2, 0) is 19.4 Å². The molecule has 0 aliphatic heterocycles. The van der Waals surface area contributed by atoms with Crippen molar-refractivity contribution in [1.29, 1.82) is 0 Å². The molecule has 0 nitrogen and oxygen atoms in total. The second kappa shape index (κ2) is 19.6. The van der Waals surface area contributed by atoms with Crippen LogP contribution in [0.3, 0.4) is 0 Å². The van der Waals surface area contributed by atoms with Crippen molar-refractivity contribution in [2.75, 3.05) is 0 Å². The summed E-state index contributed by atoms with van der Waals surface area (Å²) in [6.07, 6.45) is 21.9. The van der Waals surface area contributed by atoms with Crippen LogP contribution in [0.15, 0.2) is 0 Å². The van der Waals surface area contributed by atoms with Crippen molar-refractivity contribution < 1.29 is 19.4 Å². The van der Waals surface area contributed by atoms with Crippen molar-refractivity contribution in [2.45, 2.75) is 120 Å². The molecular weight excluding hydrogens is 528 g/mol. The Morgan fingerprint density at radius 2 is 0.708 bits per heavy atom. The van der Waals surface area contributed by atoms with Gasteiger partial charge in [-0.3, -0.25) is 0 Å². The molecule has 0 N–H and O–H groups in total. The summed E-state index contributed by atoms with van der Waals surface area (Å²) in [5, 5.41) is 0. The fourth-order valence-corrected chi connectivity index (χ4v) is 4.82. The van der Waals surface area contributed by atoms with Gasteiger partial charge in [-0.05, 0) is 55.5 Å². The average molecular weight is 572 g/mol. The van der Waals surface area contributed by atoms with E-state index in [4.69, 9.17) is 0 Å². The van der Waals surface area contributed by atoms with Gasteiger partial charge in [0.2, 0.25) is 0 Å². The van der Waals surface area contributed by atoms with E-state index < -0.39 is 0 Å². The van der Waals surface area contributed by atoms with Gasteiger partial charge in [-0.15, -0.1) is 27.7 Å². The topological polar surface area (TPSA) is 0 Å². The van der Waals surface area contributed by atoms with E-state index in [9.17, 15) is 0 Å². The first-order valence-electron chi connectivity index (χ1n) is 10.2. The normalized spacial score (nSPS) is 22.8. The smallest absolute Gasteiger partial charge is 0.0264 e. The van der Waals surface area contributed by atoms with E-state index in [0.29, 0.717) is 0 Å². The predicted octanol–water partition coefficient (Wildman–Crippen LogP) is 6.94. The van der Waals surface area contributed by atoms with Crippen molar-refractivity contribution in [3.63, 3.8) is 0 Å². The Hall–Kier alpha value is 1.85. The molecule has 3 unspecified atom stereocenters. The maximum atomic E-state index is 2.91. The van der Waals surface area contributed by atoms with Gasteiger partial charge >= 0.3 is 30.7 Å². The van der Waals surface area contributed by atoms with E-state index in [-0.39, 0.29) is 0 Å². The van der Waals surface area contributed by atoms with Crippen LogP contribution in [0, 0.1) is 0 Å². The molecule has 0 aromatic heterocycles. The van der Waals surface area contributed by atoms with Gasteiger partial charge in [0.25, 0.3) is 0 Å². The van der Waals surface area contributed by atoms with Crippen LogP contribution in [-0.4, -0.2) is 21.4 Å². The van der Waals surface area contributed by atoms with E-state index in [2.05, 4.69) is 47.1 Å². The molecule has 3 aliphatic carbocycles. The van der Waals surface area contributed by atoms with Gasteiger partial charge < -0.3 is 0 Å². The molecule has 148 valence electrons. The second-order valence-corrected chi connectivity index (χ2v) is 11.5. The summed E-state index contributed by atoms with van der Waals surface area (Å²) >= 11 is 2.15. The Labute approximate surface area is 171 Å². The minimum Gasteiger partial charge on any atom is -0.134 e. The number of hydrogen-bond donors (Lipinski definition) is 0. The molecule has 0 spiro atoms. The Morgan fingerprint density at radius 1 is 0.542 bits per heavy atom. The molecule has 0 bridgehead atoms. The summed E-state index contributed by atoms with van der Waals surface area (Å²) in [5.41, 5.74) is 2.86. The summed E-state index contributed by atoms with van der Waals surface area (Å²) in [6.45, 7) is 1.99. The van der Waals surface area contributed by atoms with Crippen molar-refractivity contribution >= 4 is 32.1 Å². The quantitative estimate of drug-likeness (QED) is 0.277. The van der Waals surface area contributed by atoms with Crippen LogP contribution >= 0.6 is 27.7 Å². The van der Waals surface area contributed by atoms with Crippen molar-refractivity contribution in [3.8, 4) is 0 Å². The van der Waals surface area contributed by atoms with Crippen LogP contribution in [0.2, 0.25) is 0 Å². The van der Waals surface area contributed by atoms with Crippen LogP contribution in [0.5, 0.6) is 0 Å². The molecule has 24 heavy (non-hydrogen) atoms. The van der Waals surface area contributed by atoms with Gasteiger partial charge in [-0.2, -0.15) is 0 Å². The molecule has 0 radical (unpaired) electrons. The Bertz CT molecular complexity index is 218. The molecule has 0 saturated heterocycles. The summed E-state index contributed by atoms with van der Waals surface area (Å²) in [6, 6.07) is 0. The predicted molar refractivity (Wildman–Crippen MR) is 121 cm³/mol. The first kappa shape index (κ1) is 25.8. The summed E-state index contributed by atoms with van der Waals surface area (Å²) in [4.78, 5) is 0. The summed E-state index contributed by atoms with van der Waals surface area (Å²) in [7, 11) is 8.72. The molecule has 3 saturated carbocycles. The zero-order valence-electron chi connectivity index (χ0n) is 16.0. The molecule has 0 aromatic carbocycles. The number of rotatable bonds is 0. The number of hydrogen-bond acceptors (Lipinski definition) is 0. The maximum absolute atomic E-state index is 2.91. The Kier molecular flexibility index (Phi) is 21.1. The van der Waals surface area contributed by atoms with Gasteiger partial charge in [0, 0.05) is 0 Å². The molecule has 3 rings (SSSR count). The molecule has 0 heterocycles. The van der Waals surface area contributed by atoms with Crippen LogP contribution in [0.25, 0.3) is 0 Å². The third kappa shape index (κ3) is 18.6. The Morgan fingerprint density at radius 3 is 0.792 bits per heavy atom. The first-order chi connectivity index (χ1) is 11.6. The van der Waals surface area contributed by atoms with Gasteiger partial charge in [0.15, 0.2) is 0 Å². The zero-order valence-corrected chi connectivity index (χ0v) is 21.7. The van der Waals surface area contributed by atoms with Gasteiger partial charge in [-0.25, -0.2) is 0 Å². The molecular formula is C20H43P3Pt. The molecule has 0 aromatic rings. The van der Waals surface area contributed by atoms with Crippen molar-refractivity contribution in [2.24, 2.45) is 0 Å². The van der Waals surface area contributed by atoms with Crippen molar-refractivity contribution in [1.82, 2.24) is 0 Å². The van der Waals surface area contributed by atoms with Crippen LogP contribution in [0.1, 0.15) is 103 Å². The fourth-order valence-electron chi connectivity index (χ4n) is 3.40. The van der Waals surface area contributed by atoms with E-state index in [1.807, 2.05) is 11.3 Å². The van der Waals surface area contributed by atoms with Gasteiger partial charge in [-0.1, -0.05) is 57.8 Å². The van der Waals surface area contributed by atoms with Gasteiger partial charge in [0.1, 0.15) is 0 Å². The first-order valence-corrected chi connectivity index (χ1v) is 13.5. The summed E-state index contributed by atoms with van der Waals surface area (Å²) in [5.74, 6) is 0. The SMILES string of the molecule is C[CH]=[Pt].PC1CCCCC1.PC1CCCCC1.PC1CCCCC1. The third-order valence-electron chi connectivity index (χ3n) is 4.95. The van der Waals surface area contributed by atoms with Gasteiger partial charge in [0.05, 0.1) is 0 Å². The zero-order chi connectivity index (χ0) is 18.0. The van der Waals surface area contributed by atoms with E-state index in [0.717, 1.165) is 17.0 Å². The summed E-state index contributed by atoms with van der Waals surface area (Å²) < 4.78 is 1.97. The monoisotopic (exact) mass is 571 g/mol. The largest absolute Gasteiger partial charge is 0.134 e. The second-order valence-electron chi connectivity index (χ2n) is 7.38. The third-order valence-corrected chi connectivity index (χ3v) is 6.95. The standard InChI is InChI=1S/3C6H13P.C2H4.Pt/c3*7-6-4-2-1-3-5-6;1-2;/h3*6H,1-5,7H2;1H,2H3;. The fraction of sp³-hybridized carbons (Fsp3) is 0.950. The van der Waals surface area contributed by atoms with E-state index >= 15 is 0 Å². The molecule has 0 amide bonds. The Balaban J connectivity index is 0.000000306. The van der Waals surface area contributed by atoms with Crippen LogP contribution < -0.4 is 0 Å². The van der Waals surface area contributed by atoms with E-state index in [1.165, 1.54) is 96.3 Å². The molecule has 3 atom stereocenters. The maximum Gasteiger partial charge on any atom is -0.0264 e. The molecule has 3 fully saturated rings. The molecule has 4 heteroatoms. The average Bonchev–Trinajstić information content (AvgIpc) is 2.59. The van der Waals surface area contributed by atoms with E-state index in [1.54, 1.807) is 0 Å². The van der Waals surface area contributed by atoms with Crippen molar-refractivity contribution in [3.05, 3.63) is 0 Å².